The largest absolute Gasteiger partial charge is 0.493 e. The highest BCUT2D eigenvalue weighted by Crippen LogP contribution is 2.27. The first-order valence-corrected chi connectivity index (χ1v) is 7.58. The van der Waals surface area contributed by atoms with Crippen LogP contribution in [0.1, 0.15) is 18.1 Å². The van der Waals surface area contributed by atoms with Crippen molar-refractivity contribution in [1.82, 2.24) is 0 Å². The van der Waals surface area contributed by atoms with E-state index in [0.29, 0.717) is 17.9 Å². The molecule has 0 aromatic heterocycles. The van der Waals surface area contributed by atoms with Crippen molar-refractivity contribution in [3.63, 3.8) is 0 Å². The Hall–Kier alpha value is -3.48. The van der Waals surface area contributed by atoms with Gasteiger partial charge in [0.2, 0.25) is 5.90 Å². The fraction of sp³-hybridized carbons (Fsp3) is 0.111. The van der Waals surface area contributed by atoms with Crippen molar-refractivity contribution in [2.75, 3.05) is 6.61 Å². The monoisotopic (exact) mass is 338 g/mol. The van der Waals surface area contributed by atoms with E-state index >= 15 is 0 Å². The number of nitro groups is 1. The number of hydrogen-bond acceptors (Lipinski definition) is 6. The van der Waals surface area contributed by atoms with Gasteiger partial charge in [0.1, 0.15) is 5.75 Å². The van der Waals surface area contributed by atoms with Gasteiger partial charge >= 0.3 is 5.97 Å². The minimum absolute atomic E-state index is 0.00407. The van der Waals surface area contributed by atoms with E-state index in [9.17, 15) is 14.9 Å². The quantitative estimate of drug-likeness (QED) is 0.361. The first kappa shape index (κ1) is 16.4. The molecule has 3 rings (SSSR count). The van der Waals surface area contributed by atoms with E-state index in [0.717, 1.165) is 0 Å². The number of ether oxygens (including phenoxy) is 2. The number of hydrogen-bond donors (Lipinski definition) is 0. The molecule has 0 fully saturated rings. The molecule has 2 aromatic carbocycles. The van der Waals surface area contributed by atoms with E-state index in [-0.39, 0.29) is 22.8 Å². The Morgan fingerprint density at radius 3 is 2.68 bits per heavy atom. The Balaban J connectivity index is 2.01. The van der Waals surface area contributed by atoms with Crippen LogP contribution in [0.2, 0.25) is 0 Å². The molecule has 126 valence electrons. The first-order valence-electron chi connectivity index (χ1n) is 7.58. The lowest BCUT2D eigenvalue weighted by Gasteiger charge is -2.08. The summed E-state index contributed by atoms with van der Waals surface area (Å²) in [5.74, 6) is -0.0122. The third-order valence-corrected chi connectivity index (χ3v) is 3.46. The Labute approximate surface area is 143 Å². The zero-order valence-corrected chi connectivity index (χ0v) is 13.3. The van der Waals surface area contributed by atoms with Gasteiger partial charge in [-0.05, 0) is 31.2 Å². The van der Waals surface area contributed by atoms with Gasteiger partial charge in [0, 0.05) is 6.07 Å². The predicted molar refractivity (Wildman–Crippen MR) is 91.3 cm³/mol. The van der Waals surface area contributed by atoms with Crippen molar-refractivity contribution in [1.29, 1.82) is 0 Å². The molecule has 0 aliphatic carbocycles. The predicted octanol–water partition coefficient (Wildman–Crippen LogP) is 3.34. The maximum atomic E-state index is 12.1. The first-order chi connectivity index (χ1) is 12.1. The van der Waals surface area contributed by atoms with Crippen LogP contribution in [-0.2, 0) is 9.53 Å². The highest BCUT2D eigenvalue weighted by molar-refractivity contribution is 6.13. The van der Waals surface area contributed by atoms with Crippen LogP contribution in [0.3, 0.4) is 0 Å². The molecule has 0 saturated heterocycles. The van der Waals surface area contributed by atoms with Gasteiger partial charge in [-0.15, -0.1) is 0 Å². The topological polar surface area (TPSA) is 91.0 Å². The average molecular weight is 338 g/mol. The molecule has 1 heterocycles. The van der Waals surface area contributed by atoms with Gasteiger partial charge in [-0.2, -0.15) is 0 Å². The minimum Gasteiger partial charge on any atom is -0.493 e. The number of carbonyl (C=O) groups is 1. The summed E-state index contributed by atoms with van der Waals surface area (Å²) in [6.07, 6.45) is 1.34. The number of aliphatic imine (C=N–C) groups is 1. The summed E-state index contributed by atoms with van der Waals surface area (Å²) in [7, 11) is 0. The van der Waals surface area contributed by atoms with E-state index in [1.165, 1.54) is 12.1 Å². The van der Waals surface area contributed by atoms with Gasteiger partial charge in [0.25, 0.3) is 5.69 Å². The molecule has 0 atom stereocenters. The van der Waals surface area contributed by atoms with Gasteiger partial charge in [-0.3, -0.25) is 10.1 Å². The smallest absolute Gasteiger partial charge is 0.363 e. The second kappa shape index (κ2) is 6.96. The average Bonchev–Trinajstić information content (AvgIpc) is 2.96. The Morgan fingerprint density at radius 1 is 1.20 bits per heavy atom. The van der Waals surface area contributed by atoms with Crippen molar-refractivity contribution in [3.05, 3.63) is 75.5 Å². The fourth-order valence-corrected chi connectivity index (χ4v) is 2.37. The molecule has 0 radical (unpaired) electrons. The lowest BCUT2D eigenvalue weighted by molar-refractivity contribution is -0.385. The van der Waals surface area contributed by atoms with Crippen LogP contribution in [0.15, 0.2) is 59.2 Å². The van der Waals surface area contributed by atoms with E-state index in [2.05, 4.69) is 4.99 Å². The molecule has 0 amide bonds. The summed E-state index contributed by atoms with van der Waals surface area (Å²) >= 11 is 0. The lowest BCUT2D eigenvalue weighted by atomic mass is 10.1. The molecule has 0 N–H and O–H groups in total. The highest BCUT2D eigenvalue weighted by Gasteiger charge is 2.27. The zero-order chi connectivity index (χ0) is 17.8. The summed E-state index contributed by atoms with van der Waals surface area (Å²) < 4.78 is 10.7. The molecule has 0 unspecified atom stereocenters. The van der Waals surface area contributed by atoms with Crippen molar-refractivity contribution in [2.45, 2.75) is 6.92 Å². The number of cyclic esters (lactones) is 1. The van der Waals surface area contributed by atoms with Crippen molar-refractivity contribution >= 4 is 23.6 Å². The number of carbonyl (C=O) groups excluding carboxylic acids is 1. The Kier molecular flexibility index (Phi) is 4.56. The van der Waals surface area contributed by atoms with Gasteiger partial charge in [0.05, 0.1) is 22.7 Å². The lowest BCUT2D eigenvalue weighted by Crippen LogP contribution is -2.07. The van der Waals surface area contributed by atoms with Crippen LogP contribution in [0.5, 0.6) is 5.75 Å². The number of nitrogens with zero attached hydrogens (tertiary/aromatic N) is 2. The van der Waals surface area contributed by atoms with Crippen LogP contribution in [0.25, 0.3) is 6.08 Å². The summed E-state index contributed by atoms with van der Waals surface area (Å²) in [6, 6.07) is 13.2. The van der Waals surface area contributed by atoms with Crippen molar-refractivity contribution in [2.24, 2.45) is 4.99 Å². The standard InChI is InChI=1S/C18H14N2O5/c1-2-24-16-10-6-4-8-13(16)17-19-14(18(21)25-17)11-12-7-3-5-9-15(12)20(22)23/h3-11H,2H2,1H3. The van der Waals surface area contributed by atoms with Crippen LogP contribution in [-0.4, -0.2) is 23.4 Å². The molecular weight excluding hydrogens is 324 g/mol. The van der Waals surface area contributed by atoms with Crippen LogP contribution in [0, 0.1) is 10.1 Å². The summed E-state index contributed by atoms with van der Waals surface area (Å²) in [5, 5.41) is 11.1. The second-order valence-electron chi connectivity index (χ2n) is 5.08. The van der Waals surface area contributed by atoms with Gasteiger partial charge in [0.15, 0.2) is 5.70 Å². The number of benzene rings is 2. The molecule has 0 bridgehead atoms. The Morgan fingerprint density at radius 2 is 1.92 bits per heavy atom. The Bertz CT molecular complexity index is 902. The molecular formula is C18H14N2O5. The molecule has 7 nitrogen and oxygen atoms in total. The van der Waals surface area contributed by atoms with Gasteiger partial charge in [-0.25, -0.2) is 9.79 Å². The highest BCUT2D eigenvalue weighted by atomic mass is 16.6. The molecule has 25 heavy (non-hydrogen) atoms. The minimum atomic E-state index is -0.667. The maximum Gasteiger partial charge on any atom is 0.363 e. The number of esters is 1. The van der Waals surface area contributed by atoms with E-state index in [1.54, 1.807) is 42.5 Å². The summed E-state index contributed by atoms with van der Waals surface area (Å²) in [5.41, 5.74) is 0.711. The molecule has 1 aliphatic heterocycles. The molecule has 7 heteroatoms. The SMILES string of the molecule is CCOc1ccccc1C1=NC(=Cc2ccccc2[N+](=O)[O-])C(=O)O1. The van der Waals surface area contributed by atoms with Crippen LogP contribution >= 0.6 is 0 Å². The van der Waals surface area contributed by atoms with Crippen LogP contribution in [0.4, 0.5) is 5.69 Å². The number of nitro benzene ring substituents is 1. The fourth-order valence-electron chi connectivity index (χ4n) is 2.37. The molecule has 2 aromatic rings. The van der Waals surface area contributed by atoms with E-state index in [1.807, 2.05) is 6.92 Å². The third-order valence-electron chi connectivity index (χ3n) is 3.46. The second-order valence-corrected chi connectivity index (χ2v) is 5.08. The number of rotatable bonds is 5. The van der Waals surface area contributed by atoms with E-state index < -0.39 is 10.9 Å². The van der Waals surface area contributed by atoms with Crippen molar-refractivity contribution in [3.8, 4) is 5.75 Å². The summed E-state index contributed by atoms with van der Waals surface area (Å²) in [6.45, 7) is 2.30. The van der Waals surface area contributed by atoms with E-state index in [4.69, 9.17) is 9.47 Å². The molecule has 0 saturated carbocycles. The van der Waals surface area contributed by atoms with Crippen molar-refractivity contribution < 1.29 is 19.2 Å². The zero-order valence-electron chi connectivity index (χ0n) is 13.3. The van der Waals surface area contributed by atoms with Gasteiger partial charge < -0.3 is 9.47 Å². The molecule has 1 aliphatic rings. The number of para-hydroxylation sites is 2. The van der Waals surface area contributed by atoms with Gasteiger partial charge in [-0.1, -0.05) is 24.3 Å². The third kappa shape index (κ3) is 3.40. The normalized spacial score (nSPS) is 15.0. The van der Waals surface area contributed by atoms with Crippen LogP contribution < -0.4 is 4.74 Å². The summed E-state index contributed by atoms with van der Waals surface area (Å²) in [4.78, 5) is 26.9. The molecule has 0 spiro atoms. The maximum absolute atomic E-state index is 12.1.